The summed E-state index contributed by atoms with van der Waals surface area (Å²) in [5.41, 5.74) is 2.86. The van der Waals surface area contributed by atoms with Crippen molar-refractivity contribution in [2.45, 2.75) is 4.21 Å². The molecule has 2 aromatic rings. The van der Waals surface area contributed by atoms with E-state index in [2.05, 4.69) is 0 Å². The first-order chi connectivity index (χ1) is 8.34. The maximum atomic E-state index is 12.2. The lowest BCUT2D eigenvalue weighted by molar-refractivity contribution is 0.103. The highest BCUT2D eigenvalue weighted by Gasteiger charge is 2.23. The number of Topliss-reactive ketones (excluding diaryl/α,β-unsaturated/α-hetero) is 1. The molecule has 0 spiro atoms. The summed E-state index contributed by atoms with van der Waals surface area (Å²) in [5.74, 6) is 0.963. The normalized spacial score (nSPS) is 17.2. The molecule has 0 aliphatic carbocycles. The summed E-state index contributed by atoms with van der Waals surface area (Å²) in [7, 11) is 0. The molecule has 2 heterocycles. The third kappa shape index (κ3) is 2.08. The van der Waals surface area contributed by atoms with Gasteiger partial charge in [-0.15, -0.1) is 23.1 Å². The van der Waals surface area contributed by atoms with E-state index in [0.29, 0.717) is 0 Å². The van der Waals surface area contributed by atoms with Gasteiger partial charge in [0, 0.05) is 16.9 Å². The SMILES string of the molecule is O=C1/C(=C\c2ccccc2)CSc2sccc21. The topological polar surface area (TPSA) is 17.1 Å². The van der Waals surface area contributed by atoms with Crippen LogP contribution in [-0.4, -0.2) is 11.5 Å². The van der Waals surface area contributed by atoms with Crippen LogP contribution in [0.15, 0.2) is 51.6 Å². The van der Waals surface area contributed by atoms with Crippen molar-refractivity contribution < 1.29 is 4.79 Å². The first-order valence-corrected chi connectivity index (χ1v) is 7.22. The number of fused-ring (bicyclic) bond motifs is 1. The molecule has 84 valence electrons. The molecule has 0 N–H and O–H groups in total. The van der Waals surface area contributed by atoms with E-state index in [9.17, 15) is 4.79 Å². The van der Waals surface area contributed by atoms with Gasteiger partial charge in [0.2, 0.25) is 0 Å². The zero-order valence-electron chi connectivity index (χ0n) is 9.05. The van der Waals surface area contributed by atoms with Gasteiger partial charge in [0.1, 0.15) is 0 Å². The van der Waals surface area contributed by atoms with Gasteiger partial charge in [-0.25, -0.2) is 0 Å². The van der Waals surface area contributed by atoms with Crippen molar-refractivity contribution >= 4 is 35.0 Å². The number of hydrogen-bond donors (Lipinski definition) is 0. The van der Waals surface area contributed by atoms with Crippen LogP contribution in [0.5, 0.6) is 0 Å². The number of hydrogen-bond acceptors (Lipinski definition) is 3. The molecule has 0 atom stereocenters. The standard InChI is InChI=1S/C14H10OS2/c15-13-11(8-10-4-2-1-3-5-10)9-17-14-12(13)6-7-16-14/h1-8H,9H2/b11-8-. The molecule has 1 aromatic heterocycles. The Morgan fingerprint density at radius 2 is 1.94 bits per heavy atom. The molecule has 0 saturated carbocycles. The molecule has 1 aromatic carbocycles. The molecule has 3 heteroatoms. The van der Waals surface area contributed by atoms with Crippen LogP contribution in [0.2, 0.25) is 0 Å². The highest BCUT2D eigenvalue weighted by molar-refractivity contribution is 8.01. The quantitative estimate of drug-likeness (QED) is 0.716. The first kappa shape index (κ1) is 10.8. The summed E-state index contributed by atoms with van der Waals surface area (Å²) in [6, 6.07) is 11.9. The summed E-state index contributed by atoms with van der Waals surface area (Å²) in [6.07, 6.45) is 2.00. The summed E-state index contributed by atoms with van der Waals surface area (Å²) in [5, 5.41) is 1.99. The minimum absolute atomic E-state index is 0.184. The van der Waals surface area contributed by atoms with Crippen molar-refractivity contribution in [1.82, 2.24) is 0 Å². The Balaban J connectivity index is 1.97. The van der Waals surface area contributed by atoms with Gasteiger partial charge < -0.3 is 0 Å². The Morgan fingerprint density at radius 1 is 1.12 bits per heavy atom. The Bertz CT molecular complexity index is 581. The van der Waals surface area contributed by atoms with Gasteiger partial charge in [0.05, 0.1) is 4.21 Å². The minimum atomic E-state index is 0.184. The van der Waals surface area contributed by atoms with Gasteiger partial charge in [0.25, 0.3) is 0 Å². The molecule has 0 unspecified atom stereocenters. The molecule has 1 aliphatic rings. The lowest BCUT2D eigenvalue weighted by Crippen LogP contribution is -2.10. The van der Waals surface area contributed by atoms with Crippen LogP contribution in [0.25, 0.3) is 6.08 Å². The van der Waals surface area contributed by atoms with Crippen molar-refractivity contribution in [3.8, 4) is 0 Å². The number of benzene rings is 1. The van der Waals surface area contributed by atoms with Crippen LogP contribution in [0.3, 0.4) is 0 Å². The van der Waals surface area contributed by atoms with Gasteiger partial charge >= 0.3 is 0 Å². The van der Waals surface area contributed by atoms with E-state index < -0.39 is 0 Å². The Hall–Kier alpha value is -1.32. The van der Waals surface area contributed by atoms with Crippen LogP contribution < -0.4 is 0 Å². The zero-order chi connectivity index (χ0) is 11.7. The molecular weight excluding hydrogens is 248 g/mol. The van der Waals surface area contributed by atoms with E-state index in [1.54, 1.807) is 23.1 Å². The van der Waals surface area contributed by atoms with Crippen molar-refractivity contribution in [3.05, 3.63) is 58.5 Å². The average molecular weight is 258 g/mol. The smallest absolute Gasteiger partial charge is 0.191 e. The molecule has 0 bridgehead atoms. The predicted molar refractivity (Wildman–Crippen MR) is 73.8 cm³/mol. The zero-order valence-corrected chi connectivity index (χ0v) is 10.7. The Kier molecular flexibility index (Phi) is 2.87. The van der Waals surface area contributed by atoms with E-state index in [-0.39, 0.29) is 5.78 Å². The monoisotopic (exact) mass is 258 g/mol. The van der Waals surface area contributed by atoms with E-state index in [0.717, 1.165) is 26.7 Å². The predicted octanol–water partition coefficient (Wildman–Crippen LogP) is 4.12. The first-order valence-electron chi connectivity index (χ1n) is 5.35. The molecule has 0 saturated heterocycles. The van der Waals surface area contributed by atoms with Gasteiger partial charge in [0.15, 0.2) is 5.78 Å². The fourth-order valence-electron chi connectivity index (χ4n) is 1.82. The molecule has 0 amide bonds. The van der Waals surface area contributed by atoms with Crippen LogP contribution in [0.1, 0.15) is 15.9 Å². The summed E-state index contributed by atoms with van der Waals surface area (Å²) < 4.78 is 1.15. The van der Waals surface area contributed by atoms with Gasteiger partial charge in [-0.3, -0.25) is 4.79 Å². The van der Waals surface area contributed by atoms with Crippen molar-refractivity contribution in [1.29, 1.82) is 0 Å². The van der Waals surface area contributed by atoms with Crippen molar-refractivity contribution in [3.63, 3.8) is 0 Å². The summed E-state index contributed by atoms with van der Waals surface area (Å²) >= 11 is 3.41. The number of thiophene rings is 1. The lowest BCUT2D eigenvalue weighted by Gasteiger charge is -2.12. The Labute approximate surface area is 108 Å². The van der Waals surface area contributed by atoms with Crippen LogP contribution in [0, 0.1) is 0 Å². The average Bonchev–Trinajstić information content (AvgIpc) is 2.83. The van der Waals surface area contributed by atoms with E-state index in [1.807, 2.05) is 47.9 Å². The molecule has 1 nitrogen and oxygen atoms in total. The second kappa shape index (κ2) is 4.51. The fourth-order valence-corrected chi connectivity index (χ4v) is 3.86. The minimum Gasteiger partial charge on any atom is -0.289 e. The number of thioether (sulfide) groups is 1. The molecule has 0 fully saturated rings. The maximum absolute atomic E-state index is 12.2. The third-order valence-electron chi connectivity index (χ3n) is 2.67. The molecule has 0 radical (unpaired) electrons. The van der Waals surface area contributed by atoms with Crippen molar-refractivity contribution in [2.24, 2.45) is 0 Å². The maximum Gasteiger partial charge on any atom is 0.191 e. The van der Waals surface area contributed by atoms with Crippen LogP contribution in [-0.2, 0) is 0 Å². The molecule has 17 heavy (non-hydrogen) atoms. The van der Waals surface area contributed by atoms with Gasteiger partial charge in [-0.05, 0) is 23.1 Å². The summed E-state index contributed by atoms with van der Waals surface area (Å²) in [4.78, 5) is 12.2. The largest absolute Gasteiger partial charge is 0.289 e. The molecule has 1 aliphatic heterocycles. The second-order valence-electron chi connectivity index (χ2n) is 3.82. The lowest BCUT2D eigenvalue weighted by atomic mass is 10.0. The van der Waals surface area contributed by atoms with Crippen molar-refractivity contribution in [2.75, 3.05) is 5.75 Å². The van der Waals surface area contributed by atoms with E-state index in [1.165, 1.54) is 0 Å². The number of ketones is 1. The number of rotatable bonds is 1. The molecular formula is C14H10OS2. The summed E-state index contributed by atoms with van der Waals surface area (Å²) in [6.45, 7) is 0. The van der Waals surface area contributed by atoms with Gasteiger partial charge in [-0.2, -0.15) is 0 Å². The van der Waals surface area contributed by atoms with Crippen LogP contribution in [0.4, 0.5) is 0 Å². The fraction of sp³-hybridized carbons (Fsp3) is 0.0714. The number of carbonyl (C=O) groups excluding carboxylic acids is 1. The van der Waals surface area contributed by atoms with E-state index in [4.69, 9.17) is 0 Å². The van der Waals surface area contributed by atoms with Crippen LogP contribution >= 0.6 is 23.1 Å². The Morgan fingerprint density at radius 3 is 2.76 bits per heavy atom. The highest BCUT2D eigenvalue weighted by atomic mass is 32.2. The number of carbonyl (C=O) groups is 1. The van der Waals surface area contributed by atoms with E-state index >= 15 is 0 Å². The second-order valence-corrected chi connectivity index (χ2v) is 5.98. The molecule has 3 rings (SSSR count). The third-order valence-corrected chi connectivity index (χ3v) is 4.95. The van der Waals surface area contributed by atoms with Gasteiger partial charge in [-0.1, -0.05) is 30.3 Å². The highest BCUT2D eigenvalue weighted by Crippen LogP contribution is 2.37.